The third-order valence-electron chi connectivity index (χ3n) is 18.2. The Kier molecular flexibility index (Phi) is 14.3. The molecular weight excluding hydrogens is 813 g/mol. The highest BCUT2D eigenvalue weighted by atomic mass is 16.5. The van der Waals surface area contributed by atoms with E-state index in [-0.39, 0.29) is 98.7 Å². The highest BCUT2D eigenvalue weighted by Crippen LogP contribution is 2.72. The van der Waals surface area contributed by atoms with E-state index < -0.39 is 69.9 Å². The average Bonchev–Trinajstić information content (AvgIpc) is 3.96. The van der Waals surface area contributed by atoms with E-state index in [1.54, 1.807) is 13.0 Å². The topological polar surface area (TPSA) is 245 Å². The van der Waals surface area contributed by atoms with Gasteiger partial charge in [-0.15, -0.1) is 0 Å². The maximum atomic E-state index is 14.4. The summed E-state index contributed by atoms with van der Waals surface area (Å²) in [4.78, 5) is 35.5. The molecule has 7 rings (SSSR count). The molecule has 1 saturated heterocycles. The minimum Gasteiger partial charge on any atom is -0.465 e. The number of H-pyrrole nitrogens is 1. The van der Waals surface area contributed by atoms with E-state index in [1.165, 1.54) is 0 Å². The highest BCUT2D eigenvalue weighted by molar-refractivity contribution is 5.95. The van der Waals surface area contributed by atoms with Gasteiger partial charge in [0.15, 0.2) is 11.7 Å². The molecule has 0 aromatic carbocycles. The Balaban J connectivity index is 1.43. The van der Waals surface area contributed by atoms with Crippen molar-refractivity contribution in [2.45, 2.75) is 154 Å². The van der Waals surface area contributed by atoms with Crippen LogP contribution < -0.4 is 11.5 Å². The van der Waals surface area contributed by atoms with Crippen LogP contribution >= 0.6 is 0 Å². The number of ketones is 1. The number of nitrogens with zero attached hydrogens (tertiary/aromatic N) is 1. The molecule has 0 amide bonds. The van der Waals surface area contributed by atoms with Gasteiger partial charge in [0, 0.05) is 60.5 Å². The summed E-state index contributed by atoms with van der Waals surface area (Å²) in [7, 11) is 0. The molecule has 1 aromatic heterocycles. The fraction of sp³-hybridized carbons (Fsp3) is 0.784. The fourth-order valence-electron chi connectivity index (χ4n) is 14.6. The van der Waals surface area contributed by atoms with Crippen LogP contribution in [0.5, 0.6) is 0 Å². The number of cyclic esters (lactones) is 1. The molecule has 1 aliphatic heterocycles. The number of guanidine groups is 1. The first-order chi connectivity index (χ1) is 30.2. The Morgan fingerprint density at radius 2 is 1.75 bits per heavy atom. The number of allylic oxidation sites excluding steroid dienone is 1. The number of nitrogens with one attached hydrogen (secondary N) is 1. The Morgan fingerprint density at radius 1 is 1.00 bits per heavy atom. The van der Waals surface area contributed by atoms with Gasteiger partial charge >= 0.3 is 5.97 Å². The van der Waals surface area contributed by atoms with Crippen LogP contribution in [0.25, 0.3) is 0 Å². The molecule has 2 heterocycles. The molecule has 356 valence electrons. The maximum absolute atomic E-state index is 14.4. The lowest BCUT2D eigenvalue weighted by Gasteiger charge is -2.61. The molecule has 13 nitrogen and oxygen atoms in total. The van der Waals surface area contributed by atoms with Crippen LogP contribution in [0.15, 0.2) is 35.1 Å². The van der Waals surface area contributed by atoms with Gasteiger partial charge in [-0.1, -0.05) is 52.9 Å². The van der Waals surface area contributed by atoms with Gasteiger partial charge in [-0.05, 0) is 142 Å². The summed E-state index contributed by atoms with van der Waals surface area (Å²) in [5, 5.41) is 72.2. The number of carbonyl (C=O) groups excluding carboxylic acids is 2. The zero-order valence-corrected chi connectivity index (χ0v) is 39.1. The molecule has 4 fully saturated rings. The van der Waals surface area contributed by atoms with E-state index in [0.717, 1.165) is 18.4 Å². The number of aromatic nitrogens is 1. The number of aromatic amines is 1. The summed E-state index contributed by atoms with van der Waals surface area (Å²) in [6, 6.07) is 1.93. The standard InChI is InChI=1S/C51H78N4O9/c1-28(2)9-10-32-21-33(36-27-64-46(61)44(36)34-14-17-54-26-34)12-11-31(8-7-19-56)35-24-51(63)38-22-40(57)39-23-41(58)42(59)25-48(39,5)37(38)13-15-50(51,16-18-55-47(52)53)45(35)49(6,62)43(60)20-29(3)30(32)4/h14,17,22,26,28-33,35-37,39,41-45,54,56,58-60,62-63H,7-10,13,15-16,18-21,23-25,27H2,1-6H3,(H4,52,53,55). The van der Waals surface area contributed by atoms with Crippen LogP contribution in [-0.4, -0.2) is 103 Å². The molecule has 0 bridgehead atoms. The van der Waals surface area contributed by atoms with Gasteiger partial charge in [-0.3, -0.25) is 14.6 Å². The molecule has 11 N–H and O–H groups in total. The van der Waals surface area contributed by atoms with Crippen LogP contribution in [0.1, 0.15) is 130 Å². The van der Waals surface area contributed by atoms with Crippen LogP contribution in [0.2, 0.25) is 0 Å². The number of carbonyl (C=O) groups is 2. The zero-order valence-electron chi connectivity index (χ0n) is 39.1. The largest absolute Gasteiger partial charge is 0.465 e. The van der Waals surface area contributed by atoms with Gasteiger partial charge in [0.2, 0.25) is 0 Å². The molecule has 13 heteroatoms. The Morgan fingerprint density at radius 3 is 2.42 bits per heavy atom. The number of aliphatic hydroxyl groups is 6. The molecule has 18 unspecified atom stereocenters. The predicted octanol–water partition coefficient (Wildman–Crippen LogP) is 4.58. The smallest absolute Gasteiger partial charge is 0.313 e. The summed E-state index contributed by atoms with van der Waals surface area (Å²) in [5.41, 5.74) is 7.95. The lowest BCUT2D eigenvalue weighted by Crippen LogP contribution is -2.64. The quantitative estimate of drug-likeness (QED) is 0.0644. The van der Waals surface area contributed by atoms with E-state index in [4.69, 9.17) is 16.2 Å². The van der Waals surface area contributed by atoms with Crippen molar-refractivity contribution in [2.24, 2.45) is 92.4 Å². The highest BCUT2D eigenvalue weighted by Gasteiger charge is 2.73. The average molecular weight is 891 g/mol. The Bertz CT molecular complexity index is 1950. The lowest BCUT2D eigenvalue weighted by atomic mass is 9.44. The SMILES string of the molecule is CC(C)CCC1CC(C2COC(=O)C2c2cc[nH]c2)C#CC(CCCO)C2CC3(O)C4=CC(=O)C5CC(O)C(O)CC5(C)C4CCC3(CCN=C(N)N)C2C(C)(O)C(O)CC(C)C1C. The van der Waals surface area contributed by atoms with Crippen molar-refractivity contribution in [3.8, 4) is 11.8 Å². The van der Waals surface area contributed by atoms with Gasteiger partial charge < -0.3 is 51.8 Å². The van der Waals surface area contributed by atoms with Crippen molar-refractivity contribution in [3.05, 3.63) is 35.7 Å². The van der Waals surface area contributed by atoms with Crippen molar-refractivity contribution in [1.82, 2.24) is 4.98 Å². The first kappa shape index (κ1) is 48.7. The van der Waals surface area contributed by atoms with Crippen LogP contribution in [0, 0.1) is 87.8 Å². The third kappa shape index (κ3) is 8.62. The summed E-state index contributed by atoms with van der Waals surface area (Å²) in [5.74, 6) is 4.10. The van der Waals surface area contributed by atoms with Crippen molar-refractivity contribution in [2.75, 3.05) is 19.8 Å². The normalized spacial score (nSPS) is 44.7. The number of hydrogen-bond acceptors (Lipinski definition) is 10. The summed E-state index contributed by atoms with van der Waals surface area (Å²) in [6.07, 6.45) is 7.48. The first-order valence-corrected chi connectivity index (χ1v) is 24.4. The number of hydrogen-bond donors (Lipinski definition) is 9. The van der Waals surface area contributed by atoms with Crippen LogP contribution in [-0.2, 0) is 14.3 Å². The van der Waals surface area contributed by atoms with Crippen molar-refractivity contribution < 1.29 is 45.0 Å². The summed E-state index contributed by atoms with van der Waals surface area (Å²) in [6.45, 7) is 12.8. The number of ether oxygens (including phenoxy) is 1. The lowest BCUT2D eigenvalue weighted by molar-refractivity contribution is -0.190. The monoisotopic (exact) mass is 891 g/mol. The molecule has 0 spiro atoms. The molecule has 6 aliphatic rings. The number of nitrogens with two attached hydrogens (primary N) is 2. The number of aliphatic hydroxyl groups excluding tert-OH is 4. The second kappa shape index (κ2) is 18.8. The first-order valence-electron chi connectivity index (χ1n) is 24.4. The van der Waals surface area contributed by atoms with E-state index in [1.807, 2.05) is 25.4 Å². The van der Waals surface area contributed by atoms with Crippen molar-refractivity contribution in [3.63, 3.8) is 0 Å². The fourth-order valence-corrected chi connectivity index (χ4v) is 14.6. The summed E-state index contributed by atoms with van der Waals surface area (Å²) < 4.78 is 5.85. The van der Waals surface area contributed by atoms with E-state index in [0.29, 0.717) is 50.0 Å². The number of rotatable bonds is 11. The van der Waals surface area contributed by atoms with Gasteiger partial charge in [0.25, 0.3) is 0 Å². The predicted molar refractivity (Wildman–Crippen MR) is 244 cm³/mol. The molecule has 1 aromatic rings. The minimum atomic E-state index is -1.77. The minimum absolute atomic E-state index is 0.0317. The van der Waals surface area contributed by atoms with Crippen LogP contribution in [0.3, 0.4) is 0 Å². The summed E-state index contributed by atoms with van der Waals surface area (Å²) >= 11 is 0. The third-order valence-corrected chi connectivity index (χ3v) is 18.2. The number of esters is 1. The molecule has 3 saturated carbocycles. The van der Waals surface area contributed by atoms with Gasteiger partial charge in [-0.2, -0.15) is 0 Å². The zero-order chi connectivity index (χ0) is 46.5. The van der Waals surface area contributed by atoms with E-state index >= 15 is 0 Å². The van der Waals surface area contributed by atoms with Gasteiger partial charge in [0.05, 0.1) is 42.0 Å². The van der Waals surface area contributed by atoms with Crippen molar-refractivity contribution >= 4 is 17.7 Å². The second-order valence-electron chi connectivity index (χ2n) is 22.2. The molecule has 18 atom stereocenters. The Hall–Kier alpha value is -3.25. The van der Waals surface area contributed by atoms with Gasteiger partial charge in [-0.25, -0.2) is 0 Å². The molecular formula is C51H78N4O9. The molecule has 5 aliphatic carbocycles. The number of fused-ring (bicyclic) bond motifs is 7. The van der Waals surface area contributed by atoms with Crippen molar-refractivity contribution in [1.29, 1.82) is 0 Å². The number of aliphatic imine (C=N–C) groups is 1. The van der Waals surface area contributed by atoms with Crippen LogP contribution in [0.4, 0.5) is 0 Å². The Labute approximate surface area is 380 Å². The van der Waals surface area contributed by atoms with Gasteiger partial charge in [0.1, 0.15) is 0 Å². The van der Waals surface area contributed by atoms with E-state index in [2.05, 4.69) is 49.5 Å². The maximum Gasteiger partial charge on any atom is 0.313 e. The molecule has 64 heavy (non-hydrogen) atoms. The van der Waals surface area contributed by atoms with E-state index in [9.17, 15) is 40.2 Å². The molecule has 0 radical (unpaired) electrons. The second-order valence-corrected chi connectivity index (χ2v) is 22.2.